The van der Waals surface area contributed by atoms with E-state index in [1.807, 2.05) is 0 Å². The molecule has 3 aromatic carbocycles. The Morgan fingerprint density at radius 1 is 0.786 bits per heavy atom. The number of aromatic nitrogens is 3. The summed E-state index contributed by atoms with van der Waals surface area (Å²) in [6, 6.07) is 17.5. The van der Waals surface area contributed by atoms with Gasteiger partial charge in [-0.25, -0.2) is 23.5 Å². The van der Waals surface area contributed by atoms with E-state index in [9.17, 15) is 24.3 Å². The lowest BCUT2D eigenvalue weighted by Crippen LogP contribution is -2.67. The van der Waals surface area contributed by atoms with E-state index >= 15 is 0 Å². The average molecular weight is 643 g/mol. The van der Waals surface area contributed by atoms with Gasteiger partial charge in [0.05, 0.1) is 18.3 Å². The molecule has 0 unspecified atom stereocenters. The first-order chi connectivity index (χ1) is 20.0. The molecule has 1 saturated carbocycles. The van der Waals surface area contributed by atoms with Crippen LogP contribution in [0.5, 0.6) is 5.75 Å². The summed E-state index contributed by atoms with van der Waals surface area (Å²) in [7, 11) is 0. The monoisotopic (exact) mass is 641 g/mol. The number of carbonyl (C=O) groups excluding carboxylic acids is 2. The lowest BCUT2D eigenvalue weighted by molar-refractivity contribution is -0.128. The predicted molar refractivity (Wildman–Crippen MR) is 160 cm³/mol. The number of benzene rings is 3. The molecule has 0 bridgehead atoms. The van der Waals surface area contributed by atoms with Crippen LogP contribution in [0.3, 0.4) is 0 Å². The summed E-state index contributed by atoms with van der Waals surface area (Å²) in [6.07, 6.45) is 1.42. The maximum Gasteiger partial charge on any atom is 0.352 e. The summed E-state index contributed by atoms with van der Waals surface area (Å²) in [4.78, 5) is 51.0. The molecule has 4 aromatic rings. The molecule has 0 saturated heterocycles. The van der Waals surface area contributed by atoms with Crippen molar-refractivity contribution in [3.05, 3.63) is 115 Å². The van der Waals surface area contributed by atoms with Gasteiger partial charge in [-0.05, 0) is 34.7 Å². The maximum absolute atomic E-state index is 14.0. The van der Waals surface area contributed by atoms with Crippen molar-refractivity contribution >= 4 is 68.7 Å². The minimum absolute atomic E-state index is 0.00268. The number of fused-ring (bicyclic) bond motifs is 5. The Balaban J connectivity index is 1.55. The largest absolute Gasteiger partial charge is 0.507 e. The number of phenolic OH excluding ortho intramolecular Hbond substituents is 1. The molecular formula is C30H19Cl4N3O5. The number of ketones is 2. The first-order valence-corrected chi connectivity index (χ1v) is 14.5. The van der Waals surface area contributed by atoms with Crippen LogP contribution in [-0.2, 0) is 16.1 Å². The molecule has 1 N–H and O–H groups in total. The normalized spacial score (nSPS) is 27.0. The molecule has 8 nitrogen and oxygen atoms in total. The number of allylic oxidation sites excluding steroid dienone is 4. The highest BCUT2D eigenvalue weighted by atomic mass is 35.5. The molecule has 0 spiro atoms. The van der Waals surface area contributed by atoms with E-state index in [0.717, 1.165) is 4.57 Å². The topological polar surface area (TPSA) is 103 Å². The van der Waals surface area contributed by atoms with Crippen LogP contribution in [0.1, 0.15) is 23.9 Å². The van der Waals surface area contributed by atoms with Gasteiger partial charge in [-0.1, -0.05) is 77.8 Å². The number of alkyl halides is 2. The molecule has 3 aliphatic rings. The smallest absolute Gasteiger partial charge is 0.352 e. The lowest BCUT2D eigenvalue weighted by atomic mass is 9.58. The molecule has 212 valence electrons. The Labute approximate surface area is 257 Å². The van der Waals surface area contributed by atoms with Gasteiger partial charge in [0.1, 0.15) is 25.6 Å². The van der Waals surface area contributed by atoms with E-state index in [4.69, 9.17) is 46.4 Å². The Kier molecular flexibility index (Phi) is 5.99. The van der Waals surface area contributed by atoms with Gasteiger partial charge in [0.15, 0.2) is 11.6 Å². The third-order valence-electron chi connectivity index (χ3n) is 8.56. The molecule has 2 aliphatic carbocycles. The summed E-state index contributed by atoms with van der Waals surface area (Å²) in [6.45, 7) is -0.0129. The Bertz CT molecular complexity index is 2060. The number of aromatic hydroxyl groups is 1. The van der Waals surface area contributed by atoms with Crippen LogP contribution in [-0.4, -0.2) is 40.4 Å². The number of Topliss-reactive ketones (excluding diaryl/α,β-unsaturated/α-hetero) is 2. The number of phenols is 1. The molecule has 0 amide bonds. The Morgan fingerprint density at radius 2 is 1.43 bits per heavy atom. The first-order valence-electron chi connectivity index (χ1n) is 13.0. The molecule has 42 heavy (non-hydrogen) atoms. The lowest BCUT2D eigenvalue weighted by Gasteiger charge is -2.54. The Hall–Kier alpha value is -3.56. The van der Waals surface area contributed by atoms with Gasteiger partial charge < -0.3 is 5.11 Å². The van der Waals surface area contributed by atoms with Gasteiger partial charge in [-0.2, -0.15) is 0 Å². The quantitative estimate of drug-likeness (QED) is 0.241. The summed E-state index contributed by atoms with van der Waals surface area (Å²) < 4.78 is 3.59. The molecule has 1 fully saturated rings. The highest BCUT2D eigenvalue weighted by Crippen LogP contribution is 2.64. The van der Waals surface area contributed by atoms with Gasteiger partial charge in [0.25, 0.3) is 0 Å². The second-order valence-electron chi connectivity index (χ2n) is 10.5. The van der Waals surface area contributed by atoms with Gasteiger partial charge in [-0.15, -0.1) is 23.2 Å². The Morgan fingerprint density at radius 3 is 2.14 bits per heavy atom. The van der Waals surface area contributed by atoms with Crippen LogP contribution in [0, 0.1) is 0 Å². The van der Waals surface area contributed by atoms with Crippen LogP contribution < -0.4 is 11.4 Å². The number of hydrogen-bond donors (Lipinski definition) is 1. The zero-order valence-electron chi connectivity index (χ0n) is 21.4. The minimum atomic E-state index is -2.16. The molecule has 4 atom stereocenters. The number of hydrogen-bond acceptors (Lipinski definition) is 5. The van der Waals surface area contributed by atoms with Gasteiger partial charge >= 0.3 is 11.4 Å². The summed E-state index contributed by atoms with van der Waals surface area (Å²) in [5.41, 5.74) is 0.135. The summed E-state index contributed by atoms with van der Waals surface area (Å²) in [5.74, 6) is -2.79. The van der Waals surface area contributed by atoms with Crippen molar-refractivity contribution in [2.75, 3.05) is 0 Å². The van der Waals surface area contributed by atoms with Crippen molar-refractivity contribution in [1.82, 2.24) is 13.9 Å². The molecular weight excluding hydrogens is 624 g/mol. The van der Waals surface area contributed by atoms with Crippen LogP contribution in [0.4, 0.5) is 0 Å². The van der Waals surface area contributed by atoms with Crippen LogP contribution in [0.15, 0.2) is 98.0 Å². The van der Waals surface area contributed by atoms with Crippen LogP contribution in [0.2, 0.25) is 0 Å². The fourth-order valence-electron chi connectivity index (χ4n) is 6.67. The molecule has 12 heteroatoms. The zero-order chi connectivity index (χ0) is 29.7. The summed E-state index contributed by atoms with van der Waals surface area (Å²) >= 11 is 27.1. The number of nitrogens with zero attached hydrogens (tertiary/aromatic N) is 3. The second-order valence-corrected chi connectivity index (χ2v) is 12.5. The number of para-hydroxylation sites is 1. The summed E-state index contributed by atoms with van der Waals surface area (Å²) in [5, 5.41) is 10.6. The van der Waals surface area contributed by atoms with Gasteiger partial charge in [-0.3, -0.25) is 9.59 Å². The third kappa shape index (κ3) is 3.32. The molecule has 2 heterocycles. The van der Waals surface area contributed by atoms with Crippen molar-refractivity contribution in [3.63, 3.8) is 0 Å². The van der Waals surface area contributed by atoms with Crippen LogP contribution in [0.25, 0.3) is 16.5 Å². The minimum Gasteiger partial charge on any atom is -0.507 e. The van der Waals surface area contributed by atoms with Crippen molar-refractivity contribution in [3.8, 4) is 11.4 Å². The van der Waals surface area contributed by atoms with Crippen molar-refractivity contribution in [1.29, 1.82) is 0 Å². The molecule has 1 aromatic heterocycles. The molecule has 7 rings (SSSR count). The number of rotatable bonds is 2. The van der Waals surface area contributed by atoms with Gasteiger partial charge in [0.2, 0.25) is 0 Å². The van der Waals surface area contributed by atoms with Crippen molar-refractivity contribution in [2.45, 2.75) is 34.7 Å². The highest BCUT2D eigenvalue weighted by Gasteiger charge is 2.71. The van der Waals surface area contributed by atoms with Crippen molar-refractivity contribution in [2.24, 2.45) is 0 Å². The molecule has 0 radical (unpaired) electrons. The van der Waals surface area contributed by atoms with Crippen molar-refractivity contribution < 1.29 is 14.7 Å². The van der Waals surface area contributed by atoms with E-state index in [1.54, 1.807) is 66.7 Å². The number of carbonyl (C=O) groups is 2. The first kappa shape index (κ1) is 27.3. The highest BCUT2D eigenvalue weighted by molar-refractivity contribution is 6.66. The second kappa shape index (κ2) is 9.22. The van der Waals surface area contributed by atoms with E-state index in [-0.39, 0.29) is 18.7 Å². The van der Waals surface area contributed by atoms with E-state index in [2.05, 4.69) is 0 Å². The zero-order valence-corrected chi connectivity index (χ0v) is 24.5. The van der Waals surface area contributed by atoms with E-state index in [0.29, 0.717) is 27.6 Å². The fraction of sp³-hybridized carbons (Fsp3) is 0.200. The van der Waals surface area contributed by atoms with Crippen LogP contribution >= 0.6 is 46.4 Å². The van der Waals surface area contributed by atoms with E-state index < -0.39 is 54.7 Å². The van der Waals surface area contributed by atoms with Gasteiger partial charge in [0, 0.05) is 17.7 Å². The predicted octanol–water partition coefficient (Wildman–Crippen LogP) is 5.12. The average Bonchev–Trinajstić information content (AvgIpc) is 3.26. The fourth-order valence-corrected chi connectivity index (χ4v) is 8.19. The van der Waals surface area contributed by atoms with E-state index in [1.165, 1.54) is 15.4 Å². The maximum atomic E-state index is 14.0. The standard InChI is InChI=1S/C30H19Cl4N3O5/c31-23-24(32)26(40)30(34)22(18-10-11-21(38)17-9-5-4-8-16(17)18)19-12-13-35-27(41)36(15-6-2-1-3-7-15)28(42)37(35)20(19)14-29(30,33)25(23)39/h1-12,20,22,38H,13-14H2/t20-,22+,29-,30+/m1/s1. The number of halogens is 4. The SMILES string of the molecule is O=C1C(Cl)=C(Cl)C(=O)[C@@]2(Cl)[C@@H](c3ccc(O)c4ccccc34)C3=CCn4c(=O)n(-c5ccccc5)c(=O)n4[C@@H]3C[C@@]12Cl. The third-order valence-corrected chi connectivity index (χ3v) is 10.8. The molecule has 1 aliphatic heterocycles.